The number of nitrogens with one attached hydrogen (secondary N) is 1. The molecule has 0 spiro atoms. The van der Waals surface area contributed by atoms with Crippen molar-refractivity contribution in [2.75, 3.05) is 5.32 Å². The lowest BCUT2D eigenvalue weighted by Gasteiger charge is -2.13. The van der Waals surface area contributed by atoms with E-state index in [4.69, 9.17) is 11.6 Å². The standard InChI is InChI=1S/C18H17ClFN5OS/c1-10-4-5-11(2)16(8-10)25-18(22-23-24-25)27-12(3)17(26)21-15-7-6-13(20)9-14(15)19/h4-9,12H,1-3H3,(H,21,26)/t12-/m0/s1. The summed E-state index contributed by atoms with van der Waals surface area (Å²) in [6.45, 7) is 5.69. The highest BCUT2D eigenvalue weighted by Gasteiger charge is 2.20. The van der Waals surface area contributed by atoms with Gasteiger partial charge in [0, 0.05) is 0 Å². The highest BCUT2D eigenvalue weighted by molar-refractivity contribution is 8.00. The summed E-state index contributed by atoms with van der Waals surface area (Å²) < 4.78 is 14.7. The molecular weight excluding hydrogens is 389 g/mol. The SMILES string of the molecule is Cc1ccc(C)c(-n2nnnc2S[C@@H](C)C(=O)Nc2ccc(F)cc2Cl)c1. The lowest BCUT2D eigenvalue weighted by Crippen LogP contribution is -2.23. The van der Waals surface area contributed by atoms with Crippen LogP contribution in [-0.2, 0) is 4.79 Å². The minimum Gasteiger partial charge on any atom is -0.324 e. The van der Waals surface area contributed by atoms with Crippen LogP contribution >= 0.6 is 23.4 Å². The van der Waals surface area contributed by atoms with Gasteiger partial charge in [0.15, 0.2) is 0 Å². The molecule has 0 aliphatic carbocycles. The number of aryl methyl sites for hydroxylation is 2. The van der Waals surface area contributed by atoms with Crippen LogP contribution in [0.2, 0.25) is 5.02 Å². The van der Waals surface area contributed by atoms with E-state index in [2.05, 4.69) is 20.8 Å². The zero-order valence-electron chi connectivity index (χ0n) is 14.9. The van der Waals surface area contributed by atoms with Crippen LogP contribution in [0.5, 0.6) is 0 Å². The first kappa shape index (κ1) is 19.3. The third-order valence-corrected chi connectivity index (χ3v) is 5.22. The molecule has 1 atom stereocenters. The van der Waals surface area contributed by atoms with Crippen molar-refractivity contribution < 1.29 is 9.18 Å². The van der Waals surface area contributed by atoms with Gasteiger partial charge >= 0.3 is 0 Å². The quantitative estimate of drug-likeness (QED) is 0.644. The highest BCUT2D eigenvalue weighted by atomic mass is 35.5. The van der Waals surface area contributed by atoms with Gasteiger partial charge in [-0.25, -0.2) is 4.39 Å². The Balaban J connectivity index is 1.77. The van der Waals surface area contributed by atoms with Crippen LogP contribution in [-0.4, -0.2) is 31.4 Å². The third kappa shape index (κ3) is 4.45. The molecule has 140 valence electrons. The van der Waals surface area contributed by atoms with Crippen molar-refractivity contribution in [1.29, 1.82) is 0 Å². The summed E-state index contributed by atoms with van der Waals surface area (Å²) in [5, 5.41) is 14.6. The smallest absolute Gasteiger partial charge is 0.237 e. The third-order valence-electron chi connectivity index (χ3n) is 3.87. The van der Waals surface area contributed by atoms with Gasteiger partial charge in [-0.3, -0.25) is 4.79 Å². The van der Waals surface area contributed by atoms with Crippen LogP contribution in [0.4, 0.5) is 10.1 Å². The molecule has 0 saturated heterocycles. The van der Waals surface area contributed by atoms with Gasteiger partial charge in [0.2, 0.25) is 11.1 Å². The Morgan fingerprint density at radius 2 is 2.04 bits per heavy atom. The van der Waals surface area contributed by atoms with Gasteiger partial charge in [0.1, 0.15) is 5.82 Å². The largest absolute Gasteiger partial charge is 0.324 e. The summed E-state index contributed by atoms with van der Waals surface area (Å²) in [6, 6.07) is 9.80. The van der Waals surface area contributed by atoms with Gasteiger partial charge in [-0.15, -0.1) is 5.10 Å². The first-order valence-electron chi connectivity index (χ1n) is 8.13. The van der Waals surface area contributed by atoms with E-state index < -0.39 is 11.1 Å². The summed E-state index contributed by atoms with van der Waals surface area (Å²) in [7, 11) is 0. The van der Waals surface area contributed by atoms with Gasteiger partial charge in [0.05, 0.1) is 21.6 Å². The average Bonchev–Trinajstić information content (AvgIpc) is 3.07. The number of tetrazole rings is 1. The number of hydrogen-bond acceptors (Lipinski definition) is 5. The van der Waals surface area contributed by atoms with Crippen molar-refractivity contribution >= 4 is 35.0 Å². The Labute approximate surface area is 165 Å². The second kappa shape index (κ2) is 8.06. The molecule has 1 amide bonds. The van der Waals surface area contributed by atoms with Crippen molar-refractivity contribution in [1.82, 2.24) is 20.2 Å². The highest BCUT2D eigenvalue weighted by Crippen LogP contribution is 2.27. The minimum absolute atomic E-state index is 0.140. The predicted octanol–water partition coefficient (Wildman–Crippen LogP) is 4.19. The average molecular weight is 406 g/mol. The fraction of sp³-hybridized carbons (Fsp3) is 0.222. The molecule has 0 radical (unpaired) electrons. The first-order chi connectivity index (χ1) is 12.8. The Morgan fingerprint density at radius 3 is 2.78 bits per heavy atom. The second-order valence-corrected chi connectivity index (χ2v) is 7.75. The summed E-state index contributed by atoms with van der Waals surface area (Å²) in [6.07, 6.45) is 0. The van der Waals surface area contributed by atoms with Gasteiger partial charge < -0.3 is 5.32 Å². The predicted molar refractivity (Wildman–Crippen MR) is 104 cm³/mol. The molecule has 1 aromatic heterocycles. The summed E-state index contributed by atoms with van der Waals surface area (Å²) in [5.74, 6) is -0.753. The number of halogens is 2. The molecule has 0 aliphatic heterocycles. The molecule has 2 aromatic carbocycles. The molecule has 0 fully saturated rings. The lowest BCUT2D eigenvalue weighted by molar-refractivity contribution is -0.115. The fourth-order valence-corrected chi connectivity index (χ4v) is 3.40. The van der Waals surface area contributed by atoms with Crippen molar-refractivity contribution in [2.45, 2.75) is 31.2 Å². The molecule has 0 unspecified atom stereocenters. The summed E-state index contributed by atoms with van der Waals surface area (Å²) in [5.41, 5.74) is 3.31. The molecule has 1 N–H and O–H groups in total. The van der Waals surface area contributed by atoms with E-state index >= 15 is 0 Å². The zero-order valence-corrected chi connectivity index (χ0v) is 16.5. The maximum atomic E-state index is 13.1. The molecule has 6 nitrogen and oxygen atoms in total. The van der Waals surface area contributed by atoms with Gasteiger partial charge in [-0.1, -0.05) is 35.5 Å². The van der Waals surface area contributed by atoms with Crippen molar-refractivity contribution in [3.63, 3.8) is 0 Å². The maximum absolute atomic E-state index is 13.1. The number of thioether (sulfide) groups is 1. The molecule has 3 rings (SSSR count). The normalized spacial score (nSPS) is 12.0. The van der Waals surface area contributed by atoms with E-state index in [1.54, 1.807) is 11.6 Å². The van der Waals surface area contributed by atoms with E-state index in [-0.39, 0.29) is 10.9 Å². The molecule has 27 heavy (non-hydrogen) atoms. The number of anilines is 1. The Morgan fingerprint density at radius 1 is 1.26 bits per heavy atom. The van der Waals surface area contributed by atoms with Gasteiger partial charge in [-0.2, -0.15) is 4.68 Å². The molecule has 1 heterocycles. The number of benzene rings is 2. The van der Waals surface area contributed by atoms with Crippen LogP contribution in [0.15, 0.2) is 41.6 Å². The van der Waals surface area contributed by atoms with Crippen LogP contribution in [0.1, 0.15) is 18.1 Å². The Bertz CT molecular complexity index is 994. The minimum atomic E-state index is -0.499. The fourth-order valence-electron chi connectivity index (χ4n) is 2.39. The van der Waals surface area contributed by atoms with Crippen LogP contribution in [0.3, 0.4) is 0 Å². The topological polar surface area (TPSA) is 72.7 Å². The lowest BCUT2D eigenvalue weighted by atomic mass is 10.1. The number of nitrogens with zero attached hydrogens (tertiary/aromatic N) is 4. The van der Waals surface area contributed by atoms with E-state index in [9.17, 15) is 9.18 Å². The van der Waals surface area contributed by atoms with Crippen molar-refractivity contribution in [3.8, 4) is 5.69 Å². The van der Waals surface area contributed by atoms with Crippen LogP contribution < -0.4 is 5.32 Å². The molecule has 9 heteroatoms. The second-order valence-electron chi connectivity index (χ2n) is 6.04. The van der Waals surface area contributed by atoms with Crippen molar-refractivity contribution in [2.24, 2.45) is 0 Å². The Kier molecular flexibility index (Phi) is 5.76. The zero-order chi connectivity index (χ0) is 19.6. The number of rotatable bonds is 5. The molecule has 0 bridgehead atoms. The first-order valence-corrected chi connectivity index (χ1v) is 9.39. The van der Waals surface area contributed by atoms with Gasteiger partial charge in [-0.05, 0) is 66.6 Å². The molecular formula is C18H17ClFN5OS. The summed E-state index contributed by atoms with van der Waals surface area (Å²) in [4.78, 5) is 12.5. The number of amides is 1. The number of aromatic nitrogens is 4. The number of carbonyl (C=O) groups excluding carboxylic acids is 1. The summed E-state index contributed by atoms with van der Waals surface area (Å²) >= 11 is 7.18. The van der Waals surface area contributed by atoms with Gasteiger partial charge in [0.25, 0.3) is 0 Å². The molecule has 0 aliphatic rings. The maximum Gasteiger partial charge on any atom is 0.237 e. The van der Waals surface area contributed by atoms with Crippen LogP contribution in [0.25, 0.3) is 5.69 Å². The molecule has 0 saturated carbocycles. The monoisotopic (exact) mass is 405 g/mol. The van der Waals surface area contributed by atoms with E-state index in [1.807, 2.05) is 32.0 Å². The van der Waals surface area contributed by atoms with E-state index in [1.165, 1.54) is 23.9 Å². The number of carbonyl (C=O) groups is 1. The Hall–Kier alpha value is -2.45. The number of hydrogen-bond donors (Lipinski definition) is 1. The molecule has 3 aromatic rings. The van der Waals surface area contributed by atoms with Crippen LogP contribution in [0, 0.1) is 19.7 Å². The van der Waals surface area contributed by atoms with Crippen molar-refractivity contribution in [3.05, 3.63) is 58.4 Å². The van der Waals surface area contributed by atoms with E-state index in [0.29, 0.717) is 10.8 Å². The van der Waals surface area contributed by atoms with E-state index in [0.717, 1.165) is 22.9 Å².